The Balaban J connectivity index is 1.47. The maximum atomic E-state index is 12.4. The molecule has 4 aromatic carbocycles. The molecule has 0 unspecified atom stereocenters. The molecule has 0 aliphatic carbocycles. The topological polar surface area (TPSA) is 119 Å². The van der Waals surface area contributed by atoms with Gasteiger partial charge in [0.15, 0.2) is 34.5 Å². The minimum atomic E-state index is -0.532. The number of benzene rings is 4. The number of aliphatic hydroxyl groups is 1. The predicted octanol–water partition coefficient (Wildman–Crippen LogP) is 6.52. The van der Waals surface area contributed by atoms with Gasteiger partial charge in [0.2, 0.25) is 5.91 Å². The Hall–Kier alpha value is -5.10. The Kier molecular flexibility index (Phi) is 9.84. The summed E-state index contributed by atoms with van der Waals surface area (Å²) in [4.78, 5) is 29.3. The highest BCUT2D eigenvalue weighted by Crippen LogP contribution is 2.50. The van der Waals surface area contributed by atoms with E-state index >= 15 is 0 Å². The fraction of sp³-hybridized carbons (Fsp3) is 0.366. The van der Waals surface area contributed by atoms with E-state index in [1.54, 1.807) is 14.2 Å². The highest BCUT2D eigenvalue weighted by molar-refractivity contribution is 5.92. The third-order valence-corrected chi connectivity index (χ3v) is 10.4. The van der Waals surface area contributed by atoms with Crippen molar-refractivity contribution in [2.75, 3.05) is 46.7 Å². The lowest BCUT2D eigenvalue weighted by Crippen LogP contribution is -2.34. The van der Waals surface area contributed by atoms with Crippen LogP contribution in [0.4, 0.5) is 5.69 Å². The number of likely N-dealkylation sites (N-methyl/N-ethyl adjacent to an activating group) is 2. The zero-order valence-electron chi connectivity index (χ0n) is 30.5. The highest BCUT2D eigenvalue weighted by atomic mass is 16.6. The minimum absolute atomic E-state index is 0.0685. The number of carbonyl (C=O) groups is 2. The number of ether oxygens (including phenoxy) is 5. The van der Waals surface area contributed by atoms with E-state index in [1.165, 1.54) is 13.8 Å². The van der Waals surface area contributed by atoms with E-state index in [9.17, 15) is 14.7 Å². The smallest absolute Gasteiger partial charge is 0.308 e. The summed E-state index contributed by atoms with van der Waals surface area (Å²) >= 11 is 0. The van der Waals surface area contributed by atoms with Gasteiger partial charge >= 0.3 is 5.97 Å². The second-order valence-corrected chi connectivity index (χ2v) is 13.8. The zero-order valence-corrected chi connectivity index (χ0v) is 30.5. The molecular weight excluding hydrogens is 662 g/mol. The van der Waals surface area contributed by atoms with E-state index in [2.05, 4.69) is 41.3 Å². The third-order valence-electron chi connectivity index (χ3n) is 10.4. The van der Waals surface area contributed by atoms with Gasteiger partial charge in [0.1, 0.15) is 5.75 Å². The van der Waals surface area contributed by atoms with Crippen molar-refractivity contribution < 1.29 is 38.4 Å². The Bertz CT molecular complexity index is 2030. The summed E-state index contributed by atoms with van der Waals surface area (Å²) in [7, 11) is 7.46. The van der Waals surface area contributed by atoms with Crippen molar-refractivity contribution in [3.05, 3.63) is 93.5 Å². The fourth-order valence-electron chi connectivity index (χ4n) is 7.81. The Labute approximate surface area is 304 Å². The molecule has 4 aliphatic heterocycles. The van der Waals surface area contributed by atoms with Gasteiger partial charge in [0.05, 0.1) is 26.5 Å². The van der Waals surface area contributed by atoms with Crippen LogP contribution in [-0.4, -0.2) is 68.2 Å². The van der Waals surface area contributed by atoms with Crippen LogP contribution < -0.4 is 29.0 Å². The first kappa shape index (κ1) is 35.3. The standard InChI is InChI=1S/C41H45N3O8/c1-23(46)42-32-15-26-17-33-31-21-36(35(48-5)20-27(31)11-13-43(33)3)52-41-38-28(19-29(22-45)39(41)49-6)12-14-44(4)34(38)16-25-7-9-30(10-8-25)51-37(18-26)40(32)50-24(2)47/h7-10,15,18-21,33-34,45H,11-14,16-17,22H2,1-6H3,(H,42,46)/t33-,34+/m1/s1. The van der Waals surface area contributed by atoms with E-state index in [0.717, 1.165) is 59.3 Å². The van der Waals surface area contributed by atoms with Crippen LogP contribution in [0.1, 0.15) is 64.9 Å². The average Bonchev–Trinajstić information content (AvgIpc) is 3.11. The van der Waals surface area contributed by atoms with Crippen LogP contribution in [0, 0.1) is 0 Å². The lowest BCUT2D eigenvalue weighted by molar-refractivity contribution is -0.132. The normalized spacial score (nSPS) is 18.2. The number of amides is 1. The molecule has 0 saturated heterocycles. The number of aliphatic hydroxyl groups excluding tert-OH is 1. The second-order valence-electron chi connectivity index (χ2n) is 13.8. The first-order valence-electron chi connectivity index (χ1n) is 17.6. The van der Waals surface area contributed by atoms with Crippen LogP contribution in [0.15, 0.2) is 54.6 Å². The van der Waals surface area contributed by atoms with E-state index in [1.807, 2.05) is 42.5 Å². The van der Waals surface area contributed by atoms with E-state index < -0.39 is 5.97 Å². The number of esters is 1. The van der Waals surface area contributed by atoms with Gasteiger partial charge in [0.25, 0.3) is 0 Å². The molecule has 0 radical (unpaired) electrons. The molecule has 0 spiro atoms. The largest absolute Gasteiger partial charge is 0.493 e. The predicted molar refractivity (Wildman–Crippen MR) is 196 cm³/mol. The van der Waals surface area contributed by atoms with E-state index in [4.69, 9.17) is 23.7 Å². The summed E-state index contributed by atoms with van der Waals surface area (Å²) in [6.45, 7) is 4.19. The molecule has 11 heteroatoms. The summed E-state index contributed by atoms with van der Waals surface area (Å²) in [5.41, 5.74) is 7.30. The molecule has 4 aliphatic rings. The highest BCUT2D eigenvalue weighted by Gasteiger charge is 2.34. The molecule has 6 bridgehead atoms. The monoisotopic (exact) mass is 707 g/mol. The first-order valence-corrected chi connectivity index (χ1v) is 17.6. The number of nitrogens with one attached hydrogen (secondary N) is 1. The van der Waals surface area contributed by atoms with E-state index in [0.29, 0.717) is 58.6 Å². The fourth-order valence-corrected chi connectivity index (χ4v) is 7.81. The van der Waals surface area contributed by atoms with Gasteiger partial charge < -0.3 is 34.1 Å². The maximum Gasteiger partial charge on any atom is 0.308 e. The average molecular weight is 708 g/mol. The molecule has 0 saturated carbocycles. The van der Waals surface area contributed by atoms with Crippen LogP contribution in [0.2, 0.25) is 0 Å². The third kappa shape index (κ3) is 6.79. The van der Waals surface area contributed by atoms with Crippen molar-refractivity contribution in [1.29, 1.82) is 0 Å². The first-order chi connectivity index (χ1) is 25.1. The van der Waals surface area contributed by atoms with Crippen molar-refractivity contribution in [3.63, 3.8) is 0 Å². The number of nitrogens with zero attached hydrogens (tertiary/aromatic N) is 2. The quantitative estimate of drug-likeness (QED) is 0.175. The summed E-state index contributed by atoms with van der Waals surface area (Å²) in [5, 5.41) is 13.3. The molecule has 2 N–H and O–H groups in total. The number of rotatable bonds is 5. The number of fused-ring (bicyclic) bond motifs is 2. The minimum Gasteiger partial charge on any atom is -0.493 e. The second kappa shape index (κ2) is 14.5. The van der Waals surface area contributed by atoms with Crippen molar-refractivity contribution >= 4 is 17.6 Å². The Morgan fingerprint density at radius 1 is 0.827 bits per heavy atom. The van der Waals surface area contributed by atoms with Gasteiger partial charge in [-0.1, -0.05) is 12.1 Å². The van der Waals surface area contributed by atoms with Gasteiger partial charge in [-0.2, -0.15) is 0 Å². The van der Waals surface area contributed by atoms with Gasteiger partial charge in [-0.05, 0) is 110 Å². The summed E-state index contributed by atoms with van der Waals surface area (Å²) < 4.78 is 31.1. The van der Waals surface area contributed by atoms with Gasteiger partial charge in [-0.3, -0.25) is 19.4 Å². The summed E-state index contributed by atoms with van der Waals surface area (Å²) in [6.07, 6.45) is 2.82. The molecule has 0 aromatic heterocycles. The molecule has 8 rings (SSSR count). The van der Waals surface area contributed by atoms with Gasteiger partial charge in [-0.15, -0.1) is 0 Å². The summed E-state index contributed by atoms with van der Waals surface area (Å²) in [5.74, 6) is 2.40. The molecular formula is C41H45N3O8. The van der Waals surface area contributed by atoms with Crippen LogP contribution >= 0.6 is 0 Å². The number of hydrogen-bond acceptors (Lipinski definition) is 10. The number of methoxy groups -OCH3 is 2. The maximum absolute atomic E-state index is 12.4. The molecule has 1 amide bonds. The Morgan fingerprint density at radius 3 is 2.21 bits per heavy atom. The number of hydrogen-bond donors (Lipinski definition) is 2. The van der Waals surface area contributed by atoms with Crippen LogP contribution in [0.3, 0.4) is 0 Å². The van der Waals surface area contributed by atoms with Crippen LogP contribution in [0.25, 0.3) is 0 Å². The van der Waals surface area contributed by atoms with Gasteiger partial charge in [-0.25, -0.2) is 0 Å². The lowest BCUT2D eigenvalue weighted by Gasteiger charge is -2.37. The van der Waals surface area contributed by atoms with Crippen LogP contribution in [0.5, 0.6) is 40.2 Å². The van der Waals surface area contributed by atoms with E-state index in [-0.39, 0.29) is 30.3 Å². The molecule has 4 heterocycles. The van der Waals surface area contributed by atoms with Crippen LogP contribution in [-0.2, 0) is 41.9 Å². The number of anilines is 1. The van der Waals surface area contributed by atoms with Crippen molar-refractivity contribution in [1.82, 2.24) is 9.80 Å². The summed E-state index contributed by atoms with van der Waals surface area (Å²) in [6, 6.07) is 17.6. The number of carbonyl (C=O) groups excluding carboxylic acids is 2. The molecule has 0 fully saturated rings. The Morgan fingerprint density at radius 2 is 1.54 bits per heavy atom. The SMILES string of the molecule is COc1cc2c3cc1Oc1c(OC)c(CO)cc4c1[C@H](Cc1ccc(cc1)Oc1cc(cc(NC(C)=O)c1OC(C)=O)C[C@H]3N(C)CC2)N(C)CC4. The molecule has 52 heavy (non-hydrogen) atoms. The van der Waals surface area contributed by atoms with Crippen molar-refractivity contribution in [3.8, 4) is 40.2 Å². The van der Waals surface area contributed by atoms with Gasteiger partial charge in [0, 0.05) is 50.1 Å². The van der Waals surface area contributed by atoms with Crippen molar-refractivity contribution in [2.24, 2.45) is 0 Å². The zero-order chi connectivity index (χ0) is 36.7. The van der Waals surface area contributed by atoms with Crippen molar-refractivity contribution in [2.45, 2.75) is 58.2 Å². The molecule has 2 atom stereocenters. The lowest BCUT2D eigenvalue weighted by atomic mass is 9.86. The molecule has 272 valence electrons. The molecule has 4 aromatic rings. The molecule has 11 nitrogen and oxygen atoms in total.